The minimum absolute atomic E-state index is 0. The molecule has 2 heteroatoms. The Bertz CT molecular complexity index is 529. The fourth-order valence-corrected chi connectivity index (χ4v) is 2.67. The van der Waals surface area contributed by atoms with Crippen molar-refractivity contribution in [2.75, 3.05) is 14.1 Å². The second-order valence-corrected chi connectivity index (χ2v) is 4.66. The van der Waals surface area contributed by atoms with Gasteiger partial charge in [0.2, 0.25) is 0 Å². The molecule has 0 spiro atoms. The SMILES string of the molecule is C.CN(C)C1(O)c2ccccc2-c2ccccc21. The second-order valence-electron chi connectivity index (χ2n) is 4.66. The van der Waals surface area contributed by atoms with Crippen molar-refractivity contribution in [3.63, 3.8) is 0 Å². The lowest BCUT2D eigenvalue weighted by Gasteiger charge is -2.32. The summed E-state index contributed by atoms with van der Waals surface area (Å²) in [6, 6.07) is 16.1. The molecule has 0 heterocycles. The molecular weight excluding hydrogens is 222 g/mol. The van der Waals surface area contributed by atoms with Gasteiger partial charge in [-0.25, -0.2) is 0 Å². The molecule has 0 fully saturated rings. The Kier molecular flexibility index (Phi) is 3.01. The van der Waals surface area contributed by atoms with Crippen molar-refractivity contribution < 1.29 is 5.11 Å². The monoisotopic (exact) mass is 241 g/mol. The zero-order valence-electron chi connectivity index (χ0n) is 10.0. The van der Waals surface area contributed by atoms with Crippen LogP contribution in [0.4, 0.5) is 0 Å². The molecule has 0 atom stereocenters. The van der Waals surface area contributed by atoms with Crippen LogP contribution in [0.15, 0.2) is 48.5 Å². The van der Waals surface area contributed by atoms with Gasteiger partial charge in [-0.1, -0.05) is 56.0 Å². The molecule has 0 radical (unpaired) electrons. The van der Waals surface area contributed by atoms with E-state index in [0.717, 1.165) is 22.3 Å². The van der Waals surface area contributed by atoms with Crippen molar-refractivity contribution in [3.05, 3.63) is 59.7 Å². The highest BCUT2D eigenvalue weighted by Crippen LogP contribution is 2.47. The largest absolute Gasteiger partial charge is 0.367 e. The predicted octanol–water partition coefficient (Wildman–Crippen LogP) is 3.06. The number of benzene rings is 2. The summed E-state index contributed by atoms with van der Waals surface area (Å²) < 4.78 is 0. The maximum Gasteiger partial charge on any atom is 0.171 e. The molecule has 0 aliphatic heterocycles. The molecule has 0 amide bonds. The normalized spacial score (nSPS) is 14.9. The third-order valence-corrected chi connectivity index (χ3v) is 3.54. The summed E-state index contributed by atoms with van der Waals surface area (Å²) in [4.78, 5) is 1.86. The summed E-state index contributed by atoms with van der Waals surface area (Å²) in [6.45, 7) is 0. The van der Waals surface area contributed by atoms with Gasteiger partial charge >= 0.3 is 0 Å². The van der Waals surface area contributed by atoms with Crippen molar-refractivity contribution in [3.8, 4) is 11.1 Å². The number of hydrogen-bond acceptors (Lipinski definition) is 2. The van der Waals surface area contributed by atoms with Crippen LogP contribution in [0.1, 0.15) is 18.6 Å². The molecule has 94 valence electrons. The van der Waals surface area contributed by atoms with Crippen molar-refractivity contribution >= 4 is 0 Å². The molecule has 0 saturated carbocycles. The summed E-state index contributed by atoms with van der Waals surface area (Å²) in [5.41, 5.74) is 3.17. The Morgan fingerprint density at radius 2 is 1.22 bits per heavy atom. The smallest absolute Gasteiger partial charge is 0.171 e. The fourth-order valence-electron chi connectivity index (χ4n) is 2.67. The van der Waals surface area contributed by atoms with E-state index in [-0.39, 0.29) is 7.43 Å². The first-order chi connectivity index (χ1) is 8.15. The number of rotatable bonds is 1. The van der Waals surface area contributed by atoms with Crippen molar-refractivity contribution in [2.24, 2.45) is 0 Å². The zero-order valence-corrected chi connectivity index (χ0v) is 10.0. The molecule has 1 aliphatic rings. The molecule has 0 unspecified atom stereocenters. The average Bonchev–Trinajstić information content (AvgIpc) is 2.63. The van der Waals surface area contributed by atoms with Gasteiger partial charge in [0.15, 0.2) is 5.72 Å². The first-order valence-corrected chi connectivity index (χ1v) is 5.75. The van der Waals surface area contributed by atoms with E-state index in [4.69, 9.17) is 0 Å². The van der Waals surface area contributed by atoms with Crippen LogP contribution in [0.25, 0.3) is 11.1 Å². The first kappa shape index (κ1) is 12.8. The van der Waals surface area contributed by atoms with E-state index in [1.165, 1.54) is 0 Å². The molecule has 2 aromatic rings. The van der Waals surface area contributed by atoms with E-state index in [2.05, 4.69) is 12.1 Å². The molecule has 3 rings (SSSR count). The van der Waals surface area contributed by atoms with Gasteiger partial charge < -0.3 is 5.11 Å². The molecule has 2 nitrogen and oxygen atoms in total. The van der Waals surface area contributed by atoms with E-state index >= 15 is 0 Å². The van der Waals surface area contributed by atoms with E-state index in [0.29, 0.717) is 0 Å². The minimum atomic E-state index is -1.01. The summed E-state index contributed by atoms with van der Waals surface area (Å²) in [5, 5.41) is 11.0. The highest BCUT2D eigenvalue weighted by Gasteiger charge is 2.42. The van der Waals surface area contributed by atoms with Gasteiger partial charge in [0.05, 0.1) is 0 Å². The van der Waals surface area contributed by atoms with Crippen LogP contribution in [0.5, 0.6) is 0 Å². The van der Waals surface area contributed by atoms with E-state index in [1.54, 1.807) is 0 Å². The van der Waals surface area contributed by atoms with Crippen LogP contribution in [0, 0.1) is 0 Å². The molecule has 1 aliphatic carbocycles. The molecule has 0 bridgehead atoms. The quantitative estimate of drug-likeness (QED) is 0.776. The van der Waals surface area contributed by atoms with E-state index in [1.807, 2.05) is 55.4 Å². The predicted molar refractivity (Wildman–Crippen MR) is 75.3 cm³/mol. The van der Waals surface area contributed by atoms with E-state index in [9.17, 15) is 5.11 Å². The third kappa shape index (κ3) is 1.43. The Hall–Kier alpha value is -1.64. The number of fused-ring (bicyclic) bond motifs is 3. The number of aliphatic hydroxyl groups is 1. The van der Waals surface area contributed by atoms with E-state index < -0.39 is 5.72 Å². The summed E-state index contributed by atoms with van der Waals surface area (Å²) in [5.74, 6) is 0. The highest BCUT2D eigenvalue weighted by molar-refractivity contribution is 5.79. The van der Waals surface area contributed by atoms with Crippen LogP contribution in [0.3, 0.4) is 0 Å². The minimum Gasteiger partial charge on any atom is -0.367 e. The molecule has 2 aromatic carbocycles. The number of nitrogens with zero attached hydrogens (tertiary/aromatic N) is 1. The summed E-state index contributed by atoms with van der Waals surface area (Å²) in [6.07, 6.45) is 0. The fraction of sp³-hybridized carbons (Fsp3) is 0.250. The molecule has 18 heavy (non-hydrogen) atoms. The second kappa shape index (κ2) is 4.23. The maximum absolute atomic E-state index is 11.0. The summed E-state index contributed by atoms with van der Waals surface area (Å²) in [7, 11) is 3.80. The Labute approximate surface area is 109 Å². The van der Waals surface area contributed by atoms with Gasteiger partial charge in [0.25, 0.3) is 0 Å². The van der Waals surface area contributed by atoms with Gasteiger partial charge in [0.1, 0.15) is 0 Å². The van der Waals surface area contributed by atoms with Crippen molar-refractivity contribution in [1.82, 2.24) is 4.90 Å². The van der Waals surface area contributed by atoms with Gasteiger partial charge in [0, 0.05) is 11.1 Å². The topological polar surface area (TPSA) is 23.5 Å². The molecule has 1 N–H and O–H groups in total. The van der Waals surface area contributed by atoms with Crippen molar-refractivity contribution in [1.29, 1.82) is 0 Å². The van der Waals surface area contributed by atoms with Gasteiger partial charge in [-0.05, 0) is 25.2 Å². The highest BCUT2D eigenvalue weighted by atomic mass is 16.3. The van der Waals surface area contributed by atoms with Gasteiger partial charge in [-0.2, -0.15) is 0 Å². The third-order valence-electron chi connectivity index (χ3n) is 3.54. The van der Waals surface area contributed by atoms with Crippen molar-refractivity contribution in [2.45, 2.75) is 13.2 Å². The Morgan fingerprint density at radius 3 is 1.61 bits per heavy atom. The van der Waals surface area contributed by atoms with Crippen LogP contribution >= 0.6 is 0 Å². The average molecular weight is 241 g/mol. The Morgan fingerprint density at radius 1 is 0.833 bits per heavy atom. The lowest BCUT2D eigenvalue weighted by atomic mass is 10.00. The maximum atomic E-state index is 11.0. The summed E-state index contributed by atoms with van der Waals surface area (Å²) >= 11 is 0. The Balaban J connectivity index is 0.00000120. The van der Waals surface area contributed by atoms with Crippen LogP contribution < -0.4 is 0 Å². The van der Waals surface area contributed by atoms with Gasteiger partial charge in [-0.15, -0.1) is 0 Å². The lowest BCUT2D eigenvalue weighted by Crippen LogP contribution is -2.40. The van der Waals surface area contributed by atoms with Gasteiger partial charge in [-0.3, -0.25) is 4.90 Å². The van der Waals surface area contributed by atoms with Crippen LogP contribution in [-0.2, 0) is 5.72 Å². The molecular formula is C16H19NO. The van der Waals surface area contributed by atoms with Crippen LogP contribution in [0.2, 0.25) is 0 Å². The standard InChI is InChI=1S/C15H15NO.CH4/c1-16(2)15(17)13-9-5-3-7-11(13)12-8-4-6-10-14(12)15;/h3-10,17H,1-2H3;1H4. The molecule has 0 saturated heterocycles. The zero-order chi connectivity index (χ0) is 12.0. The number of hydrogen-bond donors (Lipinski definition) is 1. The first-order valence-electron chi connectivity index (χ1n) is 5.75. The lowest BCUT2D eigenvalue weighted by molar-refractivity contribution is -0.0468. The molecule has 0 aromatic heterocycles. The van der Waals surface area contributed by atoms with Crippen LogP contribution in [-0.4, -0.2) is 24.1 Å².